The lowest BCUT2D eigenvalue weighted by Gasteiger charge is -2.22. The fourth-order valence-corrected chi connectivity index (χ4v) is 5.08. The number of carboxylic acids is 1. The first kappa shape index (κ1) is 24.9. The third-order valence-electron chi connectivity index (χ3n) is 6.45. The van der Waals surface area contributed by atoms with E-state index in [1.165, 1.54) is 5.01 Å². The van der Waals surface area contributed by atoms with E-state index in [0.29, 0.717) is 22.2 Å². The van der Waals surface area contributed by atoms with E-state index in [0.717, 1.165) is 38.9 Å². The predicted molar refractivity (Wildman–Crippen MR) is 146 cm³/mol. The van der Waals surface area contributed by atoms with Crippen molar-refractivity contribution in [3.63, 3.8) is 0 Å². The molecule has 1 aliphatic heterocycles. The summed E-state index contributed by atoms with van der Waals surface area (Å²) in [5, 5.41) is 17.4. The van der Waals surface area contributed by atoms with Crippen LogP contribution >= 0.6 is 23.2 Å². The van der Waals surface area contributed by atoms with Crippen LogP contribution < -0.4 is 0 Å². The van der Waals surface area contributed by atoms with Gasteiger partial charge in [-0.1, -0.05) is 65.7 Å². The van der Waals surface area contributed by atoms with E-state index >= 15 is 0 Å². The van der Waals surface area contributed by atoms with Crippen molar-refractivity contribution in [3.8, 4) is 11.1 Å². The number of hydrazone groups is 1. The van der Waals surface area contributed by atoms with E-state index in [4.69, 9.17) is 38.4 Å². The maximum atomic E-state index is 13.2. The Morgan fingerprint density at radius 2 is 1.65 bits per heavy atom. The van der Waals surface area contributed by atoms with Crippen LogP contribution in [-0.2, 0) is 9.59 Å². The molecule has 1 N–H and O–H groups in total. The summed E-state index contributed by atoms with van der Waals surface area (Å²) in [6.45, 7) is 1.94. The summed E-state index contributed by atoms with van der Waals surface area (Å²) in [4.78, 5) is 29.2. The molecule has 1 atom stereocenters. The zero-order valence-corrected chi connectivity index (χ0v) is 21.5. The minimum atomic E-state index is -1.03. The number of carbonyl (C=O) groups is 2. The number of pyridine rings is 1. The van der Waals surface area contributed by atoms with Crippen LogP contribution in [0.3, 0.4) is 0 Å². The zero-order chi connectivity index (χ0) is 26.1. The van der Waals surface area contributed by atoms with E-state index in [9.17, 15) is 9.59 Å². The topological polar surface area (TPSA) is 82.9 Å². The number of hydrogen-bond donors (Lipinski definition) is 1. The molecule has 0 radical (unpaired) electrons. The van der Waals surface area contributed by atoms with Gasteiger partial charge >= 0.3 is 5.97 Å². The van der Waals surface area contributed by atoms with Crippen LogP contribution in [-0.4, -0.2) is 32.7 Å². The second-order valence-electron chi connectivity index (χ2n) is 8.92. The number of benzene rings is 3. The van der Waals surface area contributed by atoms with Crippen LogP contribution in [0.2, 0.25) is 10.0 Å². The molecule has 4 aromatic rings. The predicted octanol–water partition coefficient (Wildman–Crippen LogP) is 7.06. The van der Waals surface area contributed by atoms with Gasteiger partial charge < -0.3 is 5.11 Å². The lowest BCUT2D eigenvalue weighted by Crippen LogP contribution is -2.27. The molecule has 1 aromatic heterocycles. The number of rotatable bonds is 6. The van der Waals surface area contributed by atoms with Gasteiger partial charge in [-0.05, 0) is 48.4 Å². The first-order valence-corrected chi connectivity index (χ1v) is 12.6. The summed E-state index contributed by atoms with van der Waals surface area (Å²) >= 11 is 12.5. The van der Waals surface area contributed by atoms with Gasteiger partial charge in [-0.3, -0.25) is 14.6 Å². The van der Waals surface area contributed by atoms with Crippen molar-refractivity contribution in [3.05, 3.63) is 99.7 Å². The molecule has 0 spiro atoms. The molecule has 5 rings (SSSR count). The van der Waals surface area contributed by atoms with Gasteiger partial charge in [0.15, 0.2) is 0 Å². The van der Waals surface area contributed by atoms with Gasteiger partial charge in [0.25, 0.3) is 0 Å². The summed E-state index contributed by atoms with van der Waals surface area (Å²) in [5.41, 5.74) is 5.93. The Morgan fingerprint density at radius 1 is 0.946 bits per heavy atom. The Morgan fingerprint density at radius 3 is 2.35 bits per heavy atom. The maximum absolute atomic E-state index is 13.2. The molecule has 2 heterocycles. The van der Waals surface area contributed by atoms with Crippen LogP contribution in [0.15, 0.2) is 77.9 Å². The molecule has 0 saturated carbocycles. The number of halogens is 2. The largest absolute Gasteiger partial charge is 0.481 e. The number of fused-ring (bicyclic) bond motifs is 1. The smallest absolute Gasteiger partial charge is 0.303 e. The van der Waals surface area contributed by atoms with Crippen molar-refractivity contribution in [2.75, 3.05) is 0 Å². The first-order valence-electron chi connectivity index (χ1n) is 11.8. The SMILES string of the molecule is Cc1nc2ccc(Cl)cc2c(-c2ccccc2)c1C1=NN(C(=O)CCC(=O)O)C(c2ccc(Cl)cc2)C1. The van der Waals surface area contributed by atoms with Gasteiger partial charge in [0, 0.05) is 45.1 Å². The molecule has 1 amide bonds. The Balaban J connectivity index is 1.69. The number of amides is 1. The Bertz CT molecular complexity index is 1540. The standard InChI is InChI=1S/C29H23Cl2N3O3/c1-17-28(29(19-5-3-2-4-6-19)22-15-21(31)11-12-23(22)32-17)24-16-25(18-7-9-20(30)10-8-18)34(33-24)26(35)13-14-27(36)37/h2-12,15,25H,13-14,16H2,1H3,(H,36,37). The van der Waals surface area contributed by atoms with Gasteiger partial charge in [-0.2, -0.15) is 5.10 Å². The van der Waals surface area contributed by atoms with Crippen molar-refractivity contribution in [2.24, 2.45) is 5.10 Å². The van der Waals surface area contributed by atoms with Crippen LogP contribution in [0.4, 0.5) is 0 Å². The highest BCUT2D eigenvalue weighted by Crippen LogP contribution is 2.40. The van der Waals surface area contributed by atoms with Gasteiger partial charge in [0.05, 0.1) is 23.7 Å². The number of hydrogen-bond acceptors (Lipinski definition) is 4. The lowest BCUT2D eigenvalue weighted by molar-refractivity contribution is -0.141. The van der Waals surface area contributed by atoms with Gasteiger partial charge in [0.2, 0.25) is 5.91 Å². The normalized spacial score (nSPS) is 15.2. The van der Waals surface area contributed by atoms with E-state index in [-0.39, 0.29) is 18.7 Å². The van der Waals surface area contributed by atoms with Crippen molar-refractivity contribution in [1.82, 2.24) is 9.99 Å². The molecule has 1 unspecified atom stereocenters. The van der Waals surface area contributed by atoms with E-state index in [2.05, 4.69) is 0 Å². The first-order chi connectivity index (χ1) is 17.8. The van der Waals surface area contributed by atoms with E-state index < -0.39 is 12.0 Å². The lowest BCUT2D eigenvalue weighted by atomic mass is 9.89. The molecule has 0 bridgehead atoms. The molecule has 8 heteroatoms. The van der Waals surface area contributed by atoms with Gasteiger partial charge in [0.1, 0.15) is 0 Å². The zero-order valence-electron chi connectivity index (χ0n) is 20.0. The summed E-state index contributed by atoms with van der Waals surface area (Å²) in [7, 11) is 0. The molecule has 37 heavy (non-hydrogen) atoms. The summed E-state index contributed by atoms with van der Waals surface area (Å²) < 4.78 is 0. The van der Waals surface area contributed by atoms with Crippen molar-refractivity contribution in [1.29, 1.82) is 0 Å². The van der Waals surface area contributed by atoms with Crippen LogP contribution in [0.5, 0.6) is 0 Å². The minimum absolute atomic E-state index is 0.147. The van der Waals surface area contributed by atoms with Gasteiger partial charge in [-0.25, -0.2) is 5.01 Å². The summed E-state index contributed by atoms with van der Waals surface area (Å²) in [6, 6.07) is 22.5. The minimum Gasteiger partial charge on any atom is -0.481 e. The fraction of sp³-hybridized carbons (Fsp3) is 0.172. The molecule has 1 aliphatic rings. The fourth-order valence-electron chi connectivity index (χ4n) is 4.78. The molecule has 0 aliphatic carbocycles. The average molecular weight is 532 g/mol. The molecule has 6 nitrogen and oxygen atoms in total. The molecular formula is C29H23Cl2N3O3. The van der Waals surface area contributed by atoms with Crippen LogP contribution in [0, 0.1) is 6.92 Å². The van der Waals surface area contributed by atoms with Crippen LogP contribution in [0.1, 0.15) is 42.1 Å². The average Bonchev–Trinajstić information content (AvgIpc) is 3.32. The molecule has 186 valence electrons. The molecular weight excluding hydrogens is 509 g/mol. The highest BCUT2D eigenvalue weighted by Gasteiger charge is 2.35. The highest BCUT2D eigenvalue weighted by molar-refractivity contribution is 6.31. The monoisotopic (exact) mass is 531 g/mol. The van der Waals surface area contributed by atoms with Crippen molar-refractivity contribution >= 4 is 51.7 Å². The number of aryl methyl sites for hydroxylation is 1. The van der Waals surface area contributed by atoms with Crippen LogP contribution in [0.25, 0.3) is 22.0 Å². The highest BCUT2D eigenvalue weighted by atomic mass is 35.5. The number of aromatic nitrogens is 1. The van der Waals surface area contributed by atoms with Crippen molar-refractivity contribution < 1.29 is 14.7 Å². The Hall–Kier alpha value is -3.74. The Labute approximate surface area is 224 Å². The second kappa shape index (κ2) is 10.3. The molecule has 0 fully saturated rings. The quantitative estimate of drug-likeness (QED) is 0.288. The third-order valence-corrected chi connectivity index (χ3v) is 6.94. The summed E-state index contributed by atoms with van der Waals surface area (Å²) in [5.74, 6) is -1.38. The van der Waals surface area contributed by atoms with Gasteiger partial charge in [-0.15, -0.1) is 0 Å². The summed E-state index contributed by atoms with van der Waals surface area (Å²) in [6.07, 6.45) is 0.0268. The molecule has 0 saturated heterocycles. The van der Waals surface area contributed by atoms with Crippen molar-refractivity contribution in [2.45, 2.75) is 32.2 Å². The Kier molecular flexibility index (Phi) is 6.96. The second-order valence-corrected chi connectivity index (χ2v) is 9.80. The maximum Gasteiger partial charge on any atom is 0.303 e. The van der Waals surface area contributed by atoms with E-state index in [1.54, 1.807) is 12.1 Å². The third kappa shape index (κ3) is 5.08. The number of carboxylic acid groups (broad SMARTS) is 1. The number of aliphatic carboxylic acids is 1. The molecule has 3 aromatic carbocycles. The number of nitrogens with zero attached hydrogens (tertiary/aromatic N) is 3. The van der Waals surface area contributed by atoms with E-state index in [1.807, 2.05) is 67.6 Å². The number of carbonyl (C=O) groups excluding carboxylic acids is 1.